The molecule has 2 heterocycles. The third kappa shape index (κ3) is 4.07. The quantitative estimate of drug-likeness (QED) is 0.478. The Labute approximate surface area is 184 Å². The van der Waals surface area contributed by atoms with Crippen molar-refractivity contribution in [3.63, 3.8) is 0 Å². The maximum Gasteiger partial charge on any atom is 0.163 e. The second-order valence-corrected chi connectivity index (χ2v) is 8.99. The van der Waals surface area contributed by atoms with Gasteiger partial charge in [-0.15, -0.1) is 0 Å². The fourth-order valence-corrected chi connectivity index (χ4v) is 5.16. The van der Waals surface area contributed by atoms with Crippen LogP contribution < -0.4 is 4.74 Å². The molecule has 7 nitrogen and oxygen atoms in total. The number of aliphatic hydroxyl groups excluding tert-OH is 4. The monoisotopic (exact) mass is 445 g/mol. The summed E-state index contributed by atoms with van der Waals surface area (Å²) in [4.78, 5) is 1.99. The van der Waals surface area contributed by atoms with E-state index >= 15 is 0 Å². The van der Waals surface area contributed by atoms with Crippen LogP contribution in [0.4, 0.5) is 0 Å². The zero-order valence-corrected chi connectivity index (χ0v) is 18.4. The van der Waals surface area contributed by atoms with Crippen molar-refractivity contribution >= 4 is 22.7 Å². The molecule has 1 aliphatic heterocycles. The molecule has 4 rings (SSSR count). The average Bonchev–Trinajstić information content (AvgIpc) is 3.11. The molecule has 1 saturated heterocycles. The lowest BCUT2D eigenvalue weighted by atomic mass is 9.98. The summed E-state index contributed by atoms with van der Waals surface area (Å²) in [6, 6.07) is 11.8. The van der Waals surface area contributed by atoms with E-state index in [1.165, 1.54) is 0 Å². The van der Waals surface area contributed by atoms with E-state index in [-0.39, 0.29) is 0 Å². The van der Waals surface area contributed by atoms with Gasteiger partial charge in [0, 0.05) is 21.4 Å². The average molecular weight is 446 g/mol. The minimum atomic E-state index is -1.43. The van der Waals surface area contributed by atoms with Crippen molar-refractivity contribution in [2.75, 3.05) is 13.7 Å². The summed E-state index contributed by atoms with van der Waals surface area (Å²) < 4.78 is 12.8. The first-order chi connectivity index (χ1) is 14.8. The van der Waals surface area contributed by atoms with E-state index in [1.54, 1.807) is 23.4 Å². The molecular weight excluding hydrogens is 418 g/mol. The fraction of sp³-hybridized carbons (Fsp3) is 0.391. The number of hydrogen-bond donors (Lipinski definition) is 4. The maximum absolute atomic E-state index is 10.7. The predicted octanol–water partition coefficient (Wildman–Crippen LogP) is 2.39. The Bertz CT molecular complexity index is 1060. The molecule has 1 aliphatic rings. The Hall–Kier alpha value is -2.07. The summed E-state index contributed by atoms with van der Waals surface area (Å²) in [5.41, 5.74) is 2.97. The van der Waals surface area contributed by atoms with Gasteiger partial charge < -0.3 is 34.5 Å². The summed E-state index contributed by atoms with van der Waals surface area (Å²) in [5.74, 6) is 0.778. The van der Waals surface area contributed by atoms with Crippen LogP contribution in [0.2, 0.25) is 0 Å². The van der Waals surface area contributed by atoms with Crippen LogP contribution in [-0.4, -0.2) is 63.1 Å². The first-order valence-corrected chi connectivity index (χ1v) is 10.9. The topological polar surface area (TPSA) is 104 Å². The van der Waals surface area contributed by atoms with Crippen LogP contribution in [0.3, 0.4) is 0 Å². The van der Waals surface area contributed by atoms with Gasteiger partial charge in [-0.25, -0.2) is 0 Å². The Morgan fingerprint density at radius 2 is 1.74 bits per heavy atom. The number of hydrogen-bond acceptors (Lipinski definition) is 7. The molecule has 4 N–H and O–H groups in total. The van der Waals surface area contributed by atoms with E-state index < -0.39 is 37.3 Å². The standard InChI is InChI=1S/C23H27NO6S/c1-12-8-13(2)19-16(9-12)24(23-22(28)21(27)20(26)17(11-25)30-23)10-18(19)31-15-6-4-14(29-3)5-7-15/h4-10,17,20-23,25-28H,11H2,1-3H3/t17-,20-,21+,22-,23-/m1/s1. The lowest BCUT2D eigenvalue weighted by Crippen LogP contribution is -2.56. The molecule has 31 heavy (non-hydrogen) atoms. The van der Waals surface area contributed by atoms with Crippen LogP contribution in [-0.2, 0) is 4.74 Å². The van der Waals surface area contributed by atoms with Gasteiger partial charge in [-0.2, -0.15) is 0 Å². The fourth-order valence-electron chi connectivity index (χ4n) is 4.10. The zero-order valence-electron chi connectivity index (χ0n) is 17.6. The molecule has 0 unspecified atom stereocenters. The molecule has 1 aromatic heterocycles. The molecule has 0 saturated carbocycles. The number of aryl methyl sites for hydroxylation is 2. The predicted molar refractivity (Wildman–Crippen MR) is 118 cm³/mol. The summed E-state index contributed by atoms with van der Waals surface area (Å²) in [5, 5.41) is 41.7. The molecule has 0 radical (unpaired) electrons. The number of benzene rings is 2. The molecule has 1 fully saturated rings. The number of methoxy groups -OCH3 is 1. The molecule has 8 heteroatoms. The van der Waals surface area contributed by atoms with Gasteiger partial charge in [-0.3, -0.25) is 0 Å². The lowest BCUT2D eigenvalue weighted by molar-refractivity contribution is -0.250. The van der Waals surface area contributed by atoms with Crippen LogP contribution in [0, 0.1) is 13.8 Å². The highest BCUT2D eigenvalue weighted by Crippen LogP contribution is 2.41. The zero-order chi connectivity index (χ0) is 22.3. The smallest absolute Gasteiger partial charge is 0.163 e. The minimum Gasteiger partial charge on any atom is -0.497 e. The van der Waals surface area contributed by atoms with Crippen LogP contribution in [0.1, 0.15) is 17.4 Å². The third-order valence-electron chi connectivity index (χ3n) is 5.67. The molecule has 0 bridgehead atoms. The van der Waals surface area contributed by atoms with Gasteiger partial charge >= 0.3 is 0 Å². The van der Waals surface area contributed by atoms with Crippen molar-refractivity contribution in [1.82, 2.24) is 4.57 Å². The van der Waals surface area contributed by atoms with Crippen molar-refractivity contribution < 1.29 is 29.9 Å². The Kier molecular flexibility index (Phi) is 6.30. The first-order valence-electron chi connectivity index (χ1n) is 10.1. The molecule has 0 aliphatic carbocycles. The van der Waals surface area contributed by atoms with Crippen molar-refractivity contribution in [1.29, 1.82) is 0 Å². The van der Waals surface area contributed by atoms with Crippen molar-refractivity contribution in [3.05, 3.63) is 53.7 Å². The van der Waals surface area contributed by atoms with Gasteiger partial charge in [0.05, 0.1) is 19.2 Å². The van der Waals surface area contributed by atoms with E-state index in [4.69, 9.17) is 9.47 Å². The van der Waals surface area contributed by atoms with Crippen LogP contribution in [0.15, 0.2) is 52.4 Å². The van der Waals surface area contributed by atoms with Gasteiger partial charge in [-0.05, 0) is 55.3 Å². The number of aromatic nitrogens is 1. The SMILES string of the molecule is COc1ccc(Sc2cn([C@@H]3O[C@H](CO)[C@@H](O)[C@H](O)[C@H]3O)c3cc(C)cc(C)c23)cc1. The molecule has 0 spiro atoms. The van der Waals surface area contributed by atoms with E-state index in [0.29, 0.717) is 0 Å². The van der Waals surface area contributed by atoms with Gasteiger partial charge in [-0.1, -0.05) is 17.8 Å². The van der Waals surface area contributed by atoms with Gasteiger partial charge in [0.15, 0.2) is 6.23 Å². The highest BCUT2D eigenvalue weighted by molar-refractivity contribution is 7.99. The molecule has 3 aromatic rings. The number of fused-ring (bicyclic) bond motifs is 1. The van der Waals surface area contributed by atoms with Gasteiger partial charge in [0.1, 0.15) is 30.2 Å². The van der Waals surface area contributed by atoms with Gasteiger partial charge in [0.25, 0.3) is 0 Å². The number of aliphatic hydroxyl groups is 4. The second kappa shape index (κ2) is 8.82. The number of nitrogens with zero attached hydrogens (tertiary/aromatic N) is 1. The van der Waals surface area contributed by atoms with Crippen molar-refractivity contribution in [3.8, 4) is 5.75 Å². The summed E-state index contributed by atoms with van der Waals surface area (Å²) >= 11 is 1.58. The molecule has 166 valence electrons. The second-order valence-electron chi connectivity index (χ2n) is 7.87. The van der Waals surface area contributed by atoms with Crippen LogP contribution in [0.25, 0.3) is 10.9 Å². The highest BCUT2D eigenvalue weighted by Gasteiger charge is 2.44. The maximum atomic E-state index is 10.7. The first kappa shape index (κ1) is 22.1. The molecule has 5 atom stereocenters. The van der Waals surface area contributed by atoms with E-state index in [0.717, 1.165) is 37.6 Å². The molecular formula is C23H27NO6S. The number of rotatable bonds is 5. The van der Waals surface area contributed by atoms with Crippen molar-refractivity contribution in [2.45, 2.75) is 54.3 Å². The third-order valence-corrected chi connectivity index (χ3v) is 6.71. The summed E-state index contributed by atoms with van der Waals surface area (Å²) in [6.45, 7) is 3.56. The van der Waals surface area contributed by atoms with E-state index in [2.05, 4.69) is 6.07 Å². The Balaban J connectivity index is 1.80. The van der Waals surface area contributed by atoms with Gasteiger partial charge in [0.2, 0.25) is 0 Å². The summed E-state index contributed by atoms with van der Waals surface area (Å²) in [6.07, 6.45) is -4.22. The van der Waals surface area contributed by atoms with Crippen LogP contribution >= 0.6 is 11.8 Å². The van der Waals surface area contributed by atoms with Crippen LogP contribution in [0.5, 0.6) is 5.75 Å². The van der Waals surface area contributed by atoms with E-state index in [9.17, 15) is 20.4 Å². The highest BCUT2D eigenvalue weighted by atomic mass is 32.2. The van der Waals surface area contributed by atoms with Crippen molar-refractivity contribution in [2.24, 2.45) is 0 Å². The Morgan fingerprint density at radius 3 is 2.39 bits per heavy atom. The summed E-state index contributed by atoms with van der Waals surface area (Å²) in [7, 11) is 1.63. The molecule has 0 amide bonds. The largest absolute Gasteiger partial charge is 0.497 e. The Morgan fingerprint density at radius 1 is 1.03 bits per heavy atom. The number of ether oxygens (including phenoxy) is 2. The van der Waals surface area contributed by atoms with E-state index in [1.807, 2.05) is 50.4 Å². The lowest BCUT2D eigenvalue weighted by Gasteiger charge is -2.40. The minimum absolute atomic E-state index is 0.466. The normalized spacial score (nSPS) is 26.4. The molecule has 2 aromatic carbocycles.